The molecular weight excluding hydrogens is 522 g/mol. The number of carbonyl (C=O) groups is 4. The summed E-state index contributed by atoms with van der Waals surface area (Å²) in [4.78, 5) is 54.3. The number of amides is 4. The van der Waals surface area contributed by atoms with Gasteiger partial charge in [0.05, 0.1) is 12.1 Å². The summed E-state index contributed by atoms with van der Waals surface area (Å²) >= 11 is 0. The largest absolute Gasteiger partial charge is 0.445 e. The molecule has 0 unspecified atom stereocenters. The molecule has 41 heavy (non-hydrogen) atoms. The number of likely N-dealkylation sites (N-methyl/N-ethyl adjacent to an activating group) is 1. The predicted octanol–water partition coefficient (Wildman–Crippen LogP) is 4.15. The third-order valence-electron chi connectivity index (χ3n) is 6.96. The molecule has 3 N–H and O–H groups in total. The lowest BCUT2D eigenvalue weighted by Crippen LogP contribution is -2.56. The molecule has 1 aliphatic heterocycles. The molecule has 0 saturated carbocycles. The molecule has 4 amide bonds. The fourth-order valence-electron chi connectivity index (χ4n) is 4.77. The fraction of sp³-hybridized carbons (Fsp3) is 0.677. The van der Waals surface area contributed by atoms with Crippen LogP contribution in [0, 0.1) is 11.3 Å². The number of nitrogens with one attached hydrogen (secondary N) is 3. The maximum Gasteiger partial charge on any atom is 0.410 e. The van der Waals surface area contributed by atoms with Crippen molar-refractivity contribution < 1.29 is 23.9 Å². The quantitative estimate of drug-likeness (QED) is 0.387. The second kappa shape index (κ2) is 14.2. The number of rotatable bonds is 10. The fourth-order valence-corrected chi connectivity index (χ4v) is 4.77. The second-order valence-corrected chi connectivity index (χ2v) is 13.5. The van der Waals surface area contributed by atoms with Crippen molar-refractivity contribution in [3.63, 3.8) is 0 Å². The van der Waals surface area contributed by atoms with Crippen molar-refractivity contribution in [2.24, 2.45) is 11.3 Å². The molecule has 10 nitrogen and oxygen atoms in total. The van der Waals surface area contributed by atoms with Crippen LogP contribution in [0.5, 0.6) is 0 Å². The van der Waals surface area contributed by atoms with Gasteiger partial charge in [-0.15, -0.1) is 0 Å². The predicted molar refractivity (Wildman–Crippen MR) is 161 cm³/mol. The molecule has 1 saturated heterocycles. The van der Waals surface area contributed by atoms with Gasteiger partial charge in [0.25, 0.3) is 0 Å². The van der Waals surface area contributed by atoms with Crippen LogP contribution in [0.4, 0.5) is 10.5 Å². The summed E-state index contributed by atoms with van der Waals surface area (Å²) in [6.45, 7) is 18.4. The Balaban J connectivity index is 1.87. The minimum absolute atomic E-state index is 0.0407. The van der Waals surface area contributed by atoms with Crippen LogP contribution < -0.4 is 16.0 Å². The number of hydrogen-bond acceptors (Lipinski definition) is 6. The smallest absolute Gasteiger partial charge is 0.410 e. The molecule has 3 atom stereocenters. The van der Waals surface area contributed by atoms with E-state index in [0.29, 0.717) is 18.8 Å². The zero-order valence-electron chi connectivity index (χ0n) is 26.6. The van der Waals surface area contributed by atoms with Gasteiger partial charge in [-0.3, -0.25) is 14.4 Å². The summed E-state index contributed by atoms with van der Waals surface area (Å²) in [5.41, 5.74) is 0.635. The molecule has 1 heterocycles. The standard InChI is InChI=1S/C31H51N5O5/c1-20(2)25(34-31(7,8)9)27(38)32-21(3)26(37)33-23-15-13-22(14-16-23)19-41-29(40)36-17-11-12-24(36)18-35(10)28(39)30(4,5)6/h13-16,20-21,24-25,34H,11-12,17-19H2,1-10H3,(H,32,38)(H,33,37)/t21-,24-,25-/m0/s1. The molecule has 0 bridgehead atoms. The highest BCUT2D eigenvalue weighted by Gasteiger charge is 2.34. The van der Waals surface area contributed by atoms with E-state index in [0.717, 1.165) is 18.4 Å². The van der Waals surface area contributed by atoms with Gasteiger partial charge in [-0.05, 0) is 64.2 Å². The number of hydrogen-bond donors (Lipinski definition) is 3. The Morgan fingerprint density at radius 3 is 2.15 bits per heavy atom. The first-order valence-electron chi connectivity index (χ1n) is 14.6. The molecule has 10 heteroatoms. The van der Waals surface area contributed by atoms with Gasteiger partial charge < -0.3 is 30.5 Å². The van der Waals surface area contributed by atoms with Crippen LogP contribution >= 0.6 is 0 Å². The minimum Gasteiger partial charge on any atom is -0.445 e. The number of likely N-dealkylation sites (tertiary alicyclic amines) is 1. The van der Waals surface area contributed by atoms with Gasteiger partial charge in [-0.2, -0.15) is 0 Å². The Hall–Kier alpha value is -3.14. The molecule has 1 aliphatic rings. The second-order valence-electron chi connectivity index (χ2n) is 13.5. The number of ether oxygens (including phenoxy) is 1. The Kier molecular flexibility index (Phi) is 11.8. The molecule has 1 fully saturated rings. The monoisotopic (exact) mass is 573 g/mol. The van der Waals surface area contributed by atoms with Crippen molar-refractivity contribution in [2.75, 3.05) is 25.5 Å². The van der Waals surface area contributed by atoms with Crippen molar-refractivity contribution in [1.29, 1.82) is 0 Å². The van der Waals surface area contributed by atoms with Crippen LogP contribution in [0.2, 0.25) is 0 Å². The Morgan fingerprint density at radius 2 is 1.61 bits per heavy atom. The highest BCUT2D eigenvalue weighted by atomic mass is 16.6. The van der Waals surface area contributed by atoms with Gasteiger partial charge in [-0.1, -0.05) is 46.8 Å². The van der Waals surface area contributed by atoms with Crippen molar-refractivity contribution in [2.45, 2.75) is 105 Å². The molecule has 1 aromatic rings. The van der Waals surface area contributed by atoms with Crippen molar-refractivity contribution >= 4 is 29.5 Å². The molecule has 230 valence electrons. The van der Waals surface area contributed by atoms with E-state index in [1.165, 1.54) is 0 Å². The number of nitrogens with zero attached hydrogens (tertiary/aromatic N) is 2. The van der Waals surface area contributed by atoms with Gasteiger partial charge in [-0.25, -0.2) is 4.79 Å². The Labute approximate surface area is 245 Å². The van der Waals surface area contributed by atoms with E-state index in [9.17, 15) is 19.2 Å². The zero-order valence-corrected chi connectivity index (χ0v) is 26.6. The van der Waals surface area contributed by atoms with Crippen LogP contribution in [-0.4, -0.2) is 77.4 Å². The normalized spacial score (nSPS) is 17.1. The highest BCUT2D eigenvalue weighted by molar-refractivity contribution is 5.97. The lowest BCUT2D eigenvalue weighted by Gasteiger charge is -2.31. The van der Waals surface area contributed by atoms with Crippen molar-refractivity contribution in [3.8, 4) is 0 Å². The van der Waals surface area contributed by atoms with Crippen molar-refractivity contribution in [1.82, 2.24) is 20.4 Å². The van der Waals surface area contributed by atoms with Gasteiger partial charge in [0.15, 0.2) is 0 Å². The van der Waals surface area contributed by atoms with Crippen LogP contribution in [0.1, 0.15) is 80.7 Å². The zero-order chi connectivity index (χ0) is 31.1. The molecule has 0 aliphatic carbocycles. The first-order valence-corrected chi connectivity index (χ1v) is 14.6. The summed E-state index contributed by atoms with van der Waals surface area (Å²) in [5, 5.41) is 8.94. The van der Waals surface area contributed by atoms with Crippen LogP contribution in [0.15, 0.2) is 24.3 Å². The SMILES string of the molecule is CC(C)[C@H](NC(C)(C)C)C(=O)N[C@@H](C)C(=O)Nc1ccc(COC(=O)N2CCC[C@H]2CN(C)C(=O)C(C)(C)C)cc1. The van der Waals surface area contributed by atoms with E-state index in [1.807, 2.05) is 55.4 Å². The molecular formula is C31H51N5O5. The number of carbonyl (C=O) groups excluding carboxylic acids is 4. The van der Waals surface area contributed by atoms with Crippen LogP contribution in [0.3, 0.4) is 0 Å². The molecule has 1 aromatic carbocycles. The Bertz CT molecular complexity index is 1060. The van der Waals surface area contributed by atoms with Gasteiger partial charge in [0.1, 0.15) is 12.6 Å². The van der Waals surface area contributed by atoms with E-state index < -0.39 is 23.6 Å². The van der Waals surface area contributed by atoms with Crippen LogP contribution in [0.25, 0.3) is 0 Å². The maximum atomic E-state index is 12.8. The third kappa shape index (κ3) is 10.6. The lowest BCUT2D eigenvalue weighted by atomic mass is 9.94. The molecule has 0 aromatic heterocycles. The molecule has 0 spiro atoms. The average molecular weight is 574 g/mol. The van der Waals surface area contributed by atoms with E-state index in [1.54, 1.807) is 48.0 Å². The lowest BCUT2D eigenvalue weighted by molar-refractivity contribution is -0.138. The summed E-state index contributed by atoms with van der Waals surface area (Å²) in [5.74, 6) is -0.450. The van der Waals surface area contributed by atoms with Gasteiger partial charge in [0, 0.05) is 36.8 Å². The summed E-state index contributed by atoms with van der Waals surface area (Å²) in [6, 6.07) is 5.82. The van der Waals surface area contributed by atoms with E-state index in [2.05, 4.69) is 16.0 Å². The Morgan fingerprint density at radius 1 is 1.00 bits per heavy atom. The summed E-state index contributed by atoms with van der Waals surface area (Å²) in [6.07, 6.45) is 1.30. The van der Waals surface area contributed by atoms with Gasteiger partial charge >= 0.3 is 6.09 Å². The van der Waals surface area contributed by atoms with E-state index >= 15 is 0 Å². The van der Waals surface area contributed by atoms with E-state index in [4.69, 9.17) is 4.74 Å². The minimum atomic E-state index is -0.725. The van der Waals surface area contributed by atoms with E-state index in [-0.39, 0.29) is 41.8 Å². The molecule has 0 radical (unpaired) electrons. The summed E-state index contributed by atoms with van der Waals surface area (Å²) < 4.78 is 5.57. The average Bonchev–Trinajstić information content (AvgIpc) is 3.32. The third-order valence-corrected chi connectivity index (χ3v) is 6.96. The first kappa shape index (κ1) is 34.1. The van der Waals surface area contributed by atoms with Crippen molar-refractivity contribution in [3.05, 3.63) is 29.8 Å². The number of anilines is 1. The number of benzene rings is 1. The highest BCUT2D eigenvalue weighted by Crippen LogP contribution is 2.23. The summed E-state index contributed by atoms with van der Waals surface area (Å²) in [7, 11) is 1.77. The van der Waals surface area contributed by atoms with Gasteiger partial charge in [0.2, 0.25) is 17.7 Å². The van der Waals surface area contributed by atoms with Crippen LogP contribution in [-0.2, 0) is 25.7 Å². The topological polar surface area (TPSA) is 120 Å². The maximum absolute atomic E-state index is 12.8. The molecule has 2 rings (SSSR count). The first-order chi connectivity index (χ1) is 18.9.